The third kappa shape index (κ3) is 2.97. The van der Waals surface area contributed by atoms with Gasteiger partial charge in [-0.2, -0.15) is 5.10 Å². The van der Waals surface area contributed by atoms with Crippen molar-refractivity contribution >= 4 is 11.6 Å². The Morgan fingerprint density at radius 2 is 2.00 bits per heavy atom. The summed E-state index contributed by atoms with van der Waals surface area (Å²) >= 11 is 6.26. The smallest absolute Gasteiger partial charge is 0.118 e. The van der Waals surface area contributed by atoms with Crippen LogP contribution in [-0.2, 0) is 13.0 Å². The molecule has 20 heavy (non-hydrogen) atoms. The highest BCUT2D eigenvalue weighted by molar-refractivity contribution is 6.31. The Kier molecular flexibility index (Phi) is 4.68. The molecule has 0 radical (unpaired) electrons. The molecule has 0 amide bonds. The molecular formula is C15H19ClN2O2. The first-order valence-corrected chi connectivity index (χ1v) is 6.98. The van der Waals surface area contributed by atoms with Gasteiger partial charge in [0.25, 0.3) is 0 Å². The molecule has 1 heterocycles. The molecule has 0 aliphatic carbocycles. The Balaban J connectivity index is 2.20. The Morgan fingerprint density at radius 1 is 1.35 bits per heavy atom. The van der Waals surface area contributed by atoms with Gasteiger partial charge in [0.2, 0.25) is 0 Å². The molecule has 2 rings (SSSR count). The first kappa shape index (κ1) is 14.9. The van der Waals surface area contributed by atoms with E-state index in [1.807, 2.05) is 42.8 Å². The highest BCUT2D eigenvalue weighted by atomic mass is 35.5. The fraction of sp³-hybridized carbons (Fsp3) is 0.400. The maximum absolute atomic E-state index is 10.4. The second kappa shape index (κ2) is 6.29. The minimum Gasteiger partial charge on any atom is -0.497 e. The summed E-state index contributed by atoms with van der Waals surface area (Å²) in [5, 5.41) is 15.3. The summed E-state index contributed by atoms with van der Waals surface area (Å²) in [7, 11) is 1.62. The second-order valence-corrected chi connectivity index (χ2v) is 5.03. The molecule has 1 N–H and O–H groups in total. The fourth-order valence-corrected chi connectivity index (χ4v) is 2.40. The number of methoxy groups -OCH3 is 1. The minimum absolute atomic E-state index is 0.444. The number of aryl methyl sites for hydroxylation is 2. The predicted octanol–water partition coefficient (Wildman–Crippen LogP) is 3.15. The summed E-state index contributed by atoms with van der Waals surface area (Å²) in [6, 6.07) is 7.39. The summed E-state index contributed by atoms with van der Waals surface area (Å²) < 4.78 is 6.95. The van der Waals surface area contributed by atoms with Gasteiger partial charge in [-0.1, -0.05) is 23.7 Å². The zero-order chi connectivity index (χ0) is 14.7. The Morgan fingerprint density at radius 3 is 2.55 bits per heavy atom. The molecule has 1 aromatic carbocycles. The number of hydrogen-bond donors (Lipinski definition) is 1. The van der Waals surface area contributed by atoms with E-state index < -0.39 is 6.10 Å². The van der Waals surface area contributed by atoms with Crippen molar-refractivity contribution in [2.24, 2.45) is 0 Å². The van der Waals surface area contributed by atoms with Crippen molar-refractivity contribution in [2.75, 3.05) is 7.11 Å². The molecule has 0 saturated heterocycles. The third-order valence-electron chi connectivity index (χ3n) is 3.34. The first-order valence-electron chi connectivity index (χ1n) is 6.60. The molecule has 0 aliphatic rings. The lowest BCUT2D eigenvalue weighted by Gasteiger charge is -2.13. The lowest BCUT2D eigenvalue weighted by atomic mass is 10.0. The number of nitrogens with zero attached hydrogens (tertiary/aromatic N) is 2. The first-order chi connectivity index (χ1) is 9.56. The molecule has 0 bridgehead atoms. The van der Waals surface area contributed by atoms with Gasteiger partial charge in [0.05, 0.1) is 29.6 Å². The van der Waals surface area contributed by atoms with Gasteiger partial charge < -0.3 is 9.84 Å². The Bertz CT molecular complexity index is 578. The predicted molar refractivity (Wildman–Crippen MR) is 79.3 cm³/mol. The summed E-state index contributed by atoms with van der Waals surface area (Å²) in [5.74, 6) is 0.772. The highest BCUT2D eigenvalue weighted by Gasteiger charge is 2.17. The minimum atomic E-state index is -0.611. The van der Waals surface area contributed by atoms with Gasteiger partial charge in [-0.15, -0.1) is 0 Å². The van der Waals surface area contributed by atoms with Gasteiger partial charge in [-0.25, -0.2) is 0 Å². The topological polar surface area (TPSA) is 47.3 Å². The van der Waals surface area contributed by atoms with Crippen LogP contribution in [0.1, 0.15) is 30.0 Å². The van der Waals surface area contributed by atoms with Crippen molar-refractivity contribution in [2.45, 2.75) is 32.9 Å². The van der Waals surface area contributed by atoms with E-state index >= 15 is 0 Å². The molecule has 4 nitrogen and oxygen atoms in total. The summed E-state index contributed by atoms with van der Waals surface area (Å²) in [6.45, 7) is 4.61. The lowest BCUT2D eigenvalue weighted by Crippen LogP contribution is -2.08. The van der Waals surface area contributed by atoms with Crippen molar-refractivity contribution in [3.63, 3.8) is 0 Å². The molecule has 2 aromatic rings. The molecule has 1 aromatic heterocycles. The highest BCUT2D eigenvalue weighted by Crippen LogP contribution is 2.27. The molecule has 0 aliphatic heterocycles. The lowest BCUT2D eigenvalue weighted by molar-refractivity contribution is 0.175. The van der Waals surface area contributed by atoms with Crippen LogP contribution in [0.25, 0.3) is 0 Å². The number of aliphatic hydroxyl groups excluding tert-OH is 1. The largest absolute Gasteiger partial charge is 0.497 e. The number of ether oxygens (including phenoxy) is 1. The van der Waals surface area contributed by atoms with E-state index in [-0.39, 0.29) is 0 Å². The third-order valence-corrected chi connectivity index (χ3v) is 3.83. The quantitative estimate of drug-likeness (QED) is 0.921. The number of halogens is 1. The van der Waals surface area contributed by atoms with Crippen molar-refractivity contribution in [1.82, 2.24) is 9.78 Å². The zero-order valence-corrected chi connectivity index (χ0v) is 12.7. The Hall–Kier alpha value is -1.52. The molecular weight excluding hydrogens is 276 g/mol. The van der Waals surface area contributed by atoms with E-state index in [0.717, 1.165) is 29.2 Å². The standard InChI is InChI=1S/C15H19ClN2O2/c1-4-18-13(15(16)10(2)17-18)9-14(19)11-5-7-12(20-3)8-6-11/h5-8,14,19H,4,9H2,1-3H3. The molecule has 108 valence electrons. The van der Waals surface area contributed by atoms with Crippen LogP contribution in [0.5, 0.6) is 5.75 Å². The second-order valence-electron chi connectivity index (χ2n) is 4.65. The monoisotopic (exact) mass is 294 g/mol. The number of benzene rings is 1. The maximum Gasteiger partial charge on any atom is 0.118 e. The van der Waals surface area contributed by atoms with Crippen LogP contribution in [0.4, 0.5) is 0 Å². The molecule has 0 spiro atoms. The van der Waals surface area contributed by atoms with E-state index in [4.69, 9.17) is 16.3 Å². The van der Waals surface area contributed by atoms with Gasteiger partial charge in [-0.3, -0.25) is 4.68 Å². The van der Waals surface area contributed by atoms with Crippen LogP contribution in [-0.4, -0.2) is 22.0 Å². The summed E-state index contributed by atoms with van der Waals surface area (Å²) in [5.41, 5.74) is 2.50. The van der Waals surface area contributed by atoms with Crippen molar-refractivity contribution in [3.05, 3.63) is 46.2 Å². The molecule has 1 unspecified atom stereocenters. The van der Waals surface area contributed by atoms with E-state index in [1.54, 1.807) is 7.11 Å². The van der Waals surface area contributed by atoms with E-state index in [9.17, 15) is 5.11 Å². The van der Waals surface area contributed by atoms with Gasteiger partial charge in [0.15, 0.2) is 0 Å². The van der Waals surface area contributed by atoms with Crippen LogP contribution in [0.15, 0.2) is 24.3 Å². The number of hydrogen-bond acceptors (Lipinski definition) is 3. The van der Waals surface area contributed by atoms with Crippen molar-refractivity contribution < 1.29 is 9.84 Å². The molecule has 0 saturated carbocycles. The number of aromatic nitrogens is 2. The average Bonchev–Trinajstić information content (AvgIpc) is 2.75. The van der Waals surface area contributed by atoms with Crippen LogP contribution < -0.4 is 4.74 Å². The van der Waals surface area contributed by atoms with E-state index in [2.05, 4.69) is 5.10 Å². The van der Waals surface area contributed by atoms with Crippen LogP contribution >= 0.6 is 11.6 Å². The Labute approximate surface area is 123 Å². The summed E-state index contributed by atoms with van der Waals surface area (Å²) in [6.07, 6.45) is -0.167. The van der Waals surface area contributed by atoms with Crippen LogP contribution in [0.2, 0.25) is 5.02 Å². The average molecular weight is 295 g/mol. The zero-order valence-electron chi connectivity index (χ0n) is 11.9. The SMILES string of the molecule is CCn1nc(C)c(Cl)c1CC(O)c1ccc(OC)cc1. The molecule has 1 atom stereocenters. The van der Waals surface area contributed by atoms with Crippen molar-refractivity contribution in [1.29, 1.82) is 0 Å². The normalized spacial score (nSPS) is 12.4. The van der Waals surface area contributed by atoms with Gasteiger partial charge in [0.1, 0.15) is 5.75 Å². The maximum atomic E-state index is 10.4. The van der Waals surface area contributed by atoms with E-state index in [1.165, 1.54) is 0 Å². The van der Waals surface area contributed by atoms with Gasteiger partial charge >= 0.3 is 0 Å². The van der Waals surface area contributed by atoms with Crippen LogP contribution in [0.3, 0.4) is 0 Å². The molecule has 5 heteroatoms. The number of rotatable bonds is 5. The van der Waals surface area contributed by atoms with Gasteiger partial charge in [0, 0.05) is 13.0 Å². The van der Waals surface area contributed by atoms with Crippen LogP contribution in [0, 0.1) is 6.92 Å². The van der Waals surface area contributed by atoms with Gasteiger partial charge in [-0.05, 0) is 31.5 Å². The number of aliphatic hydroxyl groups is 1. The molecule has 0 fully saturated rings. The summed E-state index contributed by atoms with van der Waals surface area (Å²) in [4.78, 5) is 0. The van der Waals surface area contributed by atoms with E-state index in [0.29, 0.717) is 11.4 Å². The fourth-order valence-electron chi connectivity index (χ4n) is 2.19. The van der Waals surface area contributed by atoms with Crippen molar-refractivity contribution in [3.8, 4) is 5.75 Å².